The monoisotopic (exact) mass is 333 g/mol. The van der Waals surface area contributed by atoms with Gasteiger partial charge in [-0.1, -0.05) is 26.3 Å². The van der Waals surface area contributed by atoms with Crippen molar-refractivity contribution >= 4 is 5.97 Å². The molecule has 0 aromatic heterocycles. The molecule has 0 bridgehead atoms. The van der Waals surface area contributed by atoms with E-state index in [-0.39, 0.29) is 12.0 Å². The number of likely N-dealkylation sites (tertiary alicyclic amines) is 1. The van der Waals surface area contributed by atoms with Crippen molar-refractivity contribution in [3.8, 4) is 5.75 Å². The summed E-state index contributed by atoms with van der Waals surface area (Å²) in [5.41, 5.74) is 1.59. The van der Waals surface area contributed by atoms with Crippen LogP contribution in [-0.2, 0) is 4.74 Å². The maximum absolute atomic E-state index is 12.5. The highest BCUT2D eigenvalue weighted by atomic mass is 16.5. The zero-order valence-electron chi connectivity index (χ0n) is 15.5. The van der Waals surface area contributed by atoms with Gasteiger partial charge in [-0.15, -0.1) is 0 Å². The third kappa shape index (κ3) is 4.97. The van der Waals surface area contributed by atoms with Gasteiger partial charge in [0.05, 0.1) is 6.61 Å². The summed E-state index contributed by atoms with van der Waals surface area (Å²) in [4.78, 5) is 15.0. The summed E-state index contributed by atoms with van der Waals surface area (Å²) in [5, 5.41) is 0. The molecule has 1 aromatic rings. The molecule has 1 heterocycles. The van der Waals surface area contributed by atoms with E-state index in [9.17, 15) is 4.79 Å². The Kier molecular flexibility index (Phi) is 7.10. The van der Waals surface area contributed by atoms with E-state index >= 15 is 0 Å². The highest BCUT2D eigenvalue weighted by molar-refractivity contribution is 5.92. The van der Waals surface area contributed by atoms with Gasteiger partial charge in [-0.05, 0) is 63.4 Å². The van der Waals surface area contributed by atoms with Crippen LogP contribution in [0.15, 0.2) is 18.2 Å². The van der Waals surface area contributed by atoms with Crippen LogP contribution in [0, 0.1) is 12.8 Å². The summed E-state index contributed by atoms with van der Waals surface area (Å²) in [6.45, 7) is 11.5. The van der Waals surface area contributed by atoms with Gasteiger partial charge in [0.25, 0.3) is 0 Å². The second-order valence-electron chi connectivity index (χ2n) is 6.94. The number of ether oxygens (including phenoxy) is 2. The van der Waals surface area contributed by atoms with E-state index in [1.165, 1.54) is 19.3 Å². The van der Waals surface area contributed by atoms with Crippen LogP contribution in [0.1, 0.15) is 56.0 Å². The second kappa shape index (κ2) is 9.07. The van der Waals surface area contributed by atoms with Gasteiger partial charge in [-0.25, -0.2) is 4.79 Å². The van der Waals surface area contributed by atoms with Crippen LogP contribution in [0.5, 0.6) is 5.75 Å². The highest BCUT2D eigenvalue weighted by Crippen LogP contribution is 2.23. The first-order chi connectivity index (χ1) is 11.5. The molecule has 24 heavy (non-hydrogen) atoms. The predicted molar refractivity (Wildman–Crippen MR) is 96.7 cm³/mol. The minimum Gasteiger partial charge on any atom is -0.493 e. The van der Waals surface area contributed by atoms with Crippen LogP contribution in [0.2, 0.25) is 0 Å². The van der Waals surface area contributed by atoms with Gasteiger partial charge in [0.1, 0.15) is 17.9 Å². The minimum atomic E-state index is -0.291. The SMILES string of the molecule is CCOc1cc(C)ccc1C(=O)OCC(C(C)C)N1CCCCC1. The molecule has 0 radical (unpaired) electrons. The van der Waals surface area contributed by atoms with Gasteiger partial charge < -0.3 is 9.47 Å². The third-order valence-corrected chi connectivity index (χ3v) is 4.67. The molecule has 2 rings (SSSR count). The first kappa shape index (κ1) is 18.8. The second-order valence-corrected chi connectivity index (χ2v) is 6.94. The Balaban J connectivity index is 2.02. The molecule has 0 amide bonds. The number of aryl methyl sites for hydroxylation is 1. The molecule has 1 aliphatic rings. The summed E-state index contributed by atoms with van der Waals surface area (Å²) >= 11 is 0. The molecule has 4 heteroatoms. The number of carbonyl (C=O) groups is 1. The molecule has 1 aromatic carbocycles. The lowest BCUT2D eigenvalue weighted by Crippen LogP contribution is -2.45. The highest BCUT2D eigenvalue weighted by Gasteiger charge is 2.25. The van der Waals surface area contributed by atoms with E-state index in [1.54, 1.807) is 6.07 Å². The molecule has 4 nitrogen and oxygen atoms in total. The lowest BCUT2D eigenvalue weighted by atomic mass is 10.00. The van der Waals surface area contributed by atoms with Crippen LogP contribution in [0.25, 0.3) is 0 Å². The standard InChI is InChI=1S/C20H31NO3/c1-5-23-19-13-16(4)9-10-17(19)20(22)24-14-18(15(2)3)21-11-7-6-8-12-21/h9-10,13,15,18H,5-8,11-12,14H2,1-4H3. The maximum atomic E-state index is 12.5. The topological polar surface area (TPSA) is 38.8 Å². The Bertz CT molecular complexity index is 536. The maximum Gasteiger partial charge on any atom is 0.341 e. The molecule has 1 atom stereocenters. The molecule has 0 aliphatic carbocycles. The van der Waals surface area contributed by atoms with Gasteiger partial charge >= 0.3 is 5.97 Å². The molecule has 0 saturated carbocycles. The van der Waals surface area contributed by atoms with E-state index in [0.717, 1.165) is 18.7 Å². The zero-order chi connectivity index (χ0) is 17.5. The molecule has 1 unspecified atom stereocenters. The average Bonchev–Trinajstić information content (AvgIpc) is 2.56. The van der Waals surface area contributed by atoms with Crippen LogP contribution in [-0.4, -0.2) is 43.2 Å². The van der Waals surface area contributed by atoms with Crippen LogP contribution >= 0.6 is 0 Å². The Labute approximate surface area is 146 Å². The van der Waals surface area contributed by atoms with E-state index < -0.39 is 0 Å². The van der Waals surface area contributed by atoms with E-state index in [1.807, 2.05) is 26.0 Å². The van der Waals surface area contributed by atoms with E-state index in [2.05, 4.69) is 18.7 Å². The number of hydrogen-bond donors (Lipinski definition) is 0. The molecule has 0 spiro atoms. The van der Waals surface area contributed by atoms with Crippen molar-refractivity contribution in [1.29, 1.82) is 0 Å². The number of rotatable bonds is 7. The third-order valence-electron chi connectivity index (χ3n) is 4.67. The molecule has 134 valence electrons. The van der Waals surface area contributed by atoms with Gasteiger partial charge in [-0.2, -0.15) is 0 Å². The fourth-order valence-corrected chi connectivity index (χ4v) is 3.28. The fourth-order valence-electron chi connectivity index (χ4n) is 3.28. The minimum absolute atomic E-state index is 0.287. The Morgan fingerprint density at radius 2 is 1.92 bits per heavy atom. The van der Waals surface area contributed by atoms with Crippen molar-refractivity contribution in [1.82, 2.24) is 4.90 Å². The summed E-state index contributed by atoms with van der Waals surface area (Å²) in [5.74, 6) is 0.781. The Morgan fingerprint density at radius 1 is 1.21 bits per heavy atom. The number of piperidine rings is 1. The number of benzene rings is 1. The number of hydrogen-bond acceptors (Lipinski definition) is 4. The van der Waals surface area contributed by atoms with Gasteiger partial charge in [0, 0.05) is 6.04 Å². The van der Waals surface area contributed by atoms with Gasteiger partial charge in [0.15, 0.2) is 0 Å². The Morgan fingerprint density at radius 3 is 2.54 bits per heavy atom. The van der Waals surface area contributed by atoms with Crippen molar-refractivity contribution in [2.24, 2.45) is 5.92 Å². The van der Waals surface area contributed by atoms with Crippen molar-refractivity contribution in [3.05, 3.63) is 29.3 Å². The fraction of sp³-hybridized carbons (Fsp3) is 0.650. The molecule has 1 aliphatic heterocycles. The molecular weight excluding hydrogens is 302 g/mol. The normalized spacial score (nSPS) is 16.9. The lowest BCUT2D eigenvalue weighted by molar-refractivity contribution is 0.0230. The van der Waals surface area contributed by atoms with Gasteiger partial charge in [0.2, 0.25) is 0 Å². The first-order valence-corrected chi connectivity index (χ1v) is 9.17. The van der Waals surface area contributed by atoms with Crippen molar-refractivity contribution in [2.75, 3.05) is 26.3 Å². The largest absolute Gasteiger partial charge is 0.493 e. The summed E-state index contributed by atoms with van der Waals surface area (Å²) < 4.78 is 11.3. The van der Waals surface area contributed by atoms with Crippen LogP contribution < -0.4 is 4.74 Å². The lowest BCUT2D eigenvalue weighted by Gasteiger charge is -2.36. The molecule has 1 saturated heterocycles. The molecular formula is C20H31NO3. The first-order valence-electron chi connectivity index (χ1n) is 9.17. The van der Waals surface area contributed by atoms with Crippen molar-refractivity contribution in [2.45, 2.75) is 53.0 Å². The average molecular weight is 333 g/mol. The zero-order valence-corrected chi connectivity index (χ0v) is 15.5. The number of nitrogens with zero attached hydrogens (tertiary/aromatic N) is 1. The van der Waals surface area contributed by atoms with Crippen molar-refractivity contribution < 1.29 is 14.3 Å². The molecule has 0 N–H and O–H groups in total. The quantitative estimate of drug-likeness (QED) is 0.705. The predicted octanol–water partition coefficient (Wildman–Crippen LogP) is 4.06. The van der Waals surface area contributed by atoms with Gasteiger partial charge in [-0.3, -0.25) is 4.90 Å². The number of esters is 1. The van der Waals surface area contributed by atoms with Crippen LogP contribution in [0.4, 0.5) is 0 Å². The van der Waals surface area contributed by atoms with E-state index in [0.29, 0.717) is 30.4 Å². The smallest absolute Gasteiger partial charge is 0.341 e. The molecule has 1 fully saturated rings. The summed E-state index contributed by atoms with van der Waals surface area (Å²) in [7, 11) is 0. The Hall–Kier alpha value is -1.55. The van der Waals surface area contributed by atoms with Crippen LogP contribution in [0.3, 0.4) is 0 Å². The number of carbonyl (C=O) groups excluding carboxylic acids is 1. The summed E-state index contributed by atoms with van der Waals surface area (Å²) in [6.07, 6.45) is 3.79. The van der Waals surface area contributed by atoms with Crippen molar-refractivity contribution in [3.63, 3.8) is 0 Å². The summed E-state index contributed by atoms with van der Waals surface area (Å²) in [6, 6.07) is 5.90. The van der Waals surface area contributed by atoms with E-state index in [4.69, 9.17) is 9.47 Å².